The van der Waals surface area contributed by atoms with Crippen molar-refractivity contribution < 1.29 is 9.59 Å². The summed E-state index contributed by atoms with van der Waals surface area (Å²) in [5.41, 5.74) is 3.41. The first-order chi connectivity index (χ1) is 13.4. The quantitative estimate of drug-likeness (QED) is 0.680. The predicted octanol–water partition coefficient (Wildman–Crippen LogP) is 2.93. The van der Waals surface area contributed by atoms with Crippen molar-refractivity contribution in [2.75, 3.05) is 18.4 Å². The molecule has 2 aromatic heterocycles. The second-order valence-electron chi connectivity index (χ2n) is 7.57. The lowest BCUT2D eigenvalue weighted by molar-refractivity contribution is -0.117. The van der Waals surface area contributed by atoms with Gasteiger partial charge < -0.3 is 10.2 Å². The van der Waals surface area contributed by atoms with Gasteiger partial charge in [0.2, 0.25) is 5.91 Å². The van der Waals surface area contributed by atoms with Gasteiger partial charge in [-0.05, 0) is 55.7 Å². The molecule has 2 aliphatic rings. The third-order valence-electron chi connectivity index (χ3n) is 5.55. The Morgan fingerprint density at radius 3 is 2.89 bits per heavy atom. The smallest absolute Gasteiger partial charge is 0.254 e. The molecule has 0 unspecified atom stereocenters. The van der Waals surface area contributed by atoms with Gasteiger partial charge in [-0.2, -0.15) is 0 Å². The van der Waals surface area contributed by atoms with Gasteiger partial charge in [0, 0.05) is 22.0 Å². The van der Waals surface area contributed by atoms with Gasteiger partial charge in [-0.25, -0.2) is 9.50 Å². The first-order valence-electron chi connectivity index (χ1n) is 9.16. The topological polar surface area (TPSA) is 79.6 Å². The summed E-state index contributed by atoms with van der Waals surface area (Å²) in [6.45, 7) is 2.49. The number of nitrogens with one attached hydrogen (secondary N) is 1. The van der Waals surface area contributed by atoms with Crippen LogP contribution in [0.5, 0.6) is 0 Å². The van der Waals surface area contributed by atoms with E-state index in [9.17, 15) is 9.59 Å². The Morgan fingerprint density at radius 1 is 1.29 bits per heavy atom. The number of imidazole rings is 1. The lowest BCUT2D eigenvalue weighted by Crippen LogP contribution is -2.46. The maximum Gasteiger partial charge on any atom is 0.254 e. The summed E-state index contributed by atoms with van der Waals surface area (Å²) in [6, 6.07) is 9.29. The molecule has 28 heavy (non-hydrogen) atoms. The summed E-state index contributed by atoms with van der Waals surface area (Å²) in [5, 5.41) is 7.19. The van der Waals surface area contributed by atoms with Crippen LogP contribution in [0.3, 0.4) is 0 Å². The van der Waals surface area contributed by atoms with E-state index in [1.54, 1.807) is 27.7 Å². The zero-order chi connectivity index (χ0) is 19.5. The highest BCUT2D eigenvalue weighted by Gasteiger charge is 2.51. The number of aromatic nitrogens is 3. The zero-order valence-electron chi connectivity index (χ0n) is 15.3. The number of hydrogen-bond donors (Lipinski definition) is 1. The Bertz CT molecular complexity index is 1130. The van der Waals surface area contributed by atoms with Gasteiger partial charge >= 0.3 is 0 Å². The fraction of sp³-hybridized carbons (Fsp3) is 0.300. The largest absolute Gasteiger partial charge is 0.328 e. The van der Waals surface area contributed by atoms with E-state index < -0.39 is 0 Å². The molecule has 0 radical (unpaired) electrons. The molecule has 3 heterocycles. The molecule has 3 aromatic rings. The van der Waals surface area contributed by atoms with Crippen LogP contribution in [0.1, 0.15) is 34.5 Å². The molecule has 1 spiro atoms. The van der Waals surface area contributed by atoms with Crippen LogP contribution in [0.4, 0.5) is 5.82 Å². The number of hydrogen-bond acceptors (Lipinski definition) is 4. The fourth-order valence-corrected chi connectivity index (χ4v) is 4.31. The summed E-state index contributed by atoms with van der Waals surface area (Å²) < 4.78 is 2.65. The zero-order valence-corrected chi connectivity index (χ0v) is 16.9. The van der Waals surface area contributed by atoms with Gasteiger partial charge in [0.05, 0.1) is 11.9 Å². The molecule has 2 amide bonds. The van der Waals surface area contributed by atoms with Crippen molar-refractivity contribution in [3.63, 3.8) is 0 Å². The number of halogens is 1. The highest BCUT2D eigenvalue weighted by atomic mass is 79.9. The van der Waals surface area contributed by atoms with E-state index in [2.05, 4.69) is 31.3 Å². The fourth-order valence-electron chi connectivity index (χ4n) is 3.95. The molecule has 8 heteroatoms. The number of amides is 2. The van der Waals surface area contributed by atoms with Crippen LogP contribution in [0, 0.1) is 6.92 Å². The molecule has 1 aliphatic heterocycles. The minimum Gasteiger partial charge on any atom is -0.328 e. The van der Waals surface area contributed by atoms with Crippen LogP contribution < -0.4 is 5.32 Å². The van der Waals surface area contributed by atoms with Crippen LogP contribution in [-0.4, -0.2) is 44.4 Å². The van der Waals surface area contributed by atoms with Crippen LogP contribution in [0.2, 0.25) is 0 Å². The monoisotopic (exact) mass is 439 g/mol. The van der Waals surface area contributed by atoms with Crippen LogP contribution in [0.15, 0.2) is 41.0 Å². The summed E-state index contributed by atoms with van der Waals surface area (Å²) in [4.78, 5) is 31.4. The first kappa shape index (κ1) is 17.4. The molecule has 0 atom stereocenters. The van der Waals surface area contributed by atoms with Gasteiger partial charge in [0.1, 0.15) is 6.54 Å². The third-order valence-corrected chi connectivity index (χ3v) is 6.05. The molecular formula is C20H18BrN5O2. The summed E-state index contributed by atoms with van der Waals surface area (Å²) in [5.74, 6) is 0.0897. The van der Waals surface area contributed by atoms with Crippen molar-refractivity contribution >= 4 is 39.2 Å². The Balaban J connectivity index is 1.35. The number of carbonyl (C=O) groups excluding carboxylic acids is 2. The Kier molecular flexibility index (Phi) is 3.80. The average Bonchev–Trinajstić information content (AvgIpc) is 3.36. The minimum absolute atomic E-state index is 0.00160. The Labute approximate surface area is 169 Å². The third kappa shape index (κ3) is 2.79. The molecule has 0 saturated heterocycles. The van der Waals surface area contributed by atoms with Gasteiger partial charge in [0.15, 0.2) is 11.5 Å². The van der Waals surface area contributed by atoms with E-state index in [0.717, 1.165) is 34.2 Å². The van der Waals surface area contributed by atoms with Crippen LogP contribution >= 0.6 is 15.9 Å². The Morgan fingerprint density at radius 2 is 2.11 bits per heavy atom. The number of rotatable bonds is 3. The van der Waals surface area contributed by atoms with E-state index in [1.807, 2.05) is 25.1 Å². The number of nitrogens with zero attached hydrogens (tertiary/aromatic N) is 4. The molecule has 1 aliphatic carbocycles. The second-order valence-corrected chi connectivity index (χ2v) is 8.48. The van der Waals surface area contributed by atoms with E-state index in [4.69, 9.17) is 0 Å². The predicted molar refractivity (Wildman–Crippen MR) is 107 cm³/mol. The van der Waals surface area contributed by atoms with Crippen molar-refractivity contribution in [1.82, 2.24) is 19.5 Å². The van der Waals surface area contributed by atoms with Gasteiger partial charge in [-0.15, -0.1) is 5.10 Å². The lowest BCUT2D eigenvalue weighted by Gasteiger charge is -2.34. The molecule has 1 aromatic carbocycles. The van der Waals surface area contributed by atoms with Crippen LogP contribution in [0.25, 0.3) is 5.65 Å². The average molecular weight is 440 g/mol. The summed E-state index contributed by atoms with van der Waals surface area (Å²) in [6.07, 6.45) is 3.81. The van der Waals surface area contributed by atoms with Crippen molar-refractivity contribution in [2.45, 2.75) is 25.2 Å². The summed E-state index contributed by atoms with van der Waals surface area (Å²) in [7, 11) is 0. The molecule has 0 bridgehead atoms. The van der Waals surface area contributed by atoms with Gasteiger partial charge in [-0.3, -0.25) is 9.59 Å². The van der Waals surface area contributed by atoms with Crippen molar-refractivity contribution in [2.24, 2.45) is 0 Å². The molecule has 7 nitrogen and oxygen atoms in total. The van der Waals surface area contributed by atoms with E-state index in [1.165, 1.54) is 0 Å². The normalized spacial score (nSPS) is 17.1. The number of aryl methyl sites for hydroxylation is 1. The lowest BCUT2D eigenvalue weighted by atomic mass is 9.86. The number of anilines is 1. The molecule has 5 rings (SSSR count). The van der Waals surface area contributed by atoms with Gasteiger partial charge in [-0.1, -0.05) is 15.9 Å². The van der Waals surface area contributed by atoms with E-state index >= 15 is 0 Å². The maximum absolute atomic E-state index is 12.9. The molecular weight excluding hydrogens is 422 g/mol. The van der Waals surface area contributed by atoms with Crippen LogP contribution in [-0.2, 0) is 10.2 Å². The van der Waals surface area contributed by atoms with Crippen molar-refractivity contribution in [3.05, 3.63) is 57.8 Å². The number of fused-ring (bicyclic) bond motifs is 3. The second kappa shape index (κ2) is 6.13. The molecule has 1 N–H and O–H groups in total. The van der Waals surface area contributed by atoms with Crippen molar-refractivity contribution in [1.29, 1.82) is 0 Å². The standard InChI is InChI=1S/C20H18BrN5O2/c1-12-9-22-17-5-4-16(24-26(12)17)23-18(27)10-25-11-20(6-7-20)15-8-13(21)2-3-14(15)19(25)28/h2-5,8-9H,6-7,10-11H2,1H3,(H,23,24,27). The van der Waals surface area contributed by atoms with E-state index in [-0.39, 0.29) is 23.8 Å². The first-order valence-corrected chi connectivity index (χ1v) is 9.95. The minimum atomic E-state index is -0.255. The molecule has 142 valence electrons. The highest BCUT2D eigenvalue weighted by Crippen LogP contribution is 2.52. The highest BCUT2D eigenvalue weighted by molar-refractivity contribution is 9.10. The van der Waals surface area contributed by atoms with Crippen molar-refractivity contribution in [3.8, 4) is 0 Å². The maximum atomic E-state index is 12.9. The number of benzene rings is 1. The summed E-state index contributed by atoms with van der Waals surface area (Å²) >= 11 is 3.50. The number of carbonyl (C=O) groups is 2. The van der Waals surface area contributed by atoms with Gasteiger partial charge in [0.25, 0.3) is 5.91 Å². The molecule has 1 fully saturated rings. The van der Waals surface area contributed by atoms with E-state index in [0.29, 0.717) is 17.9 Å². The Hall–Kier alpha value is -2.74. The molecule has 1 saturated carbocycles. The SMILES string of the molecule is Cc1cnc2ccc(NC(=O)CN3CC4(CC4)c4cc(Br)ccc4C3=O)nn12.